The van der Waals surface area contributed by atoms with Crippen LogP contribution in [0.2, 0.25) is 5.02 Å². The summed E-state index contributed by atoms with van der Waals surface area (Å²) in [6.07, 6.45) is 0. The molecular weight excluding hydrogens is 345 g/mol. The molecule has 3 rings (SSSR count). The van der Waals surface area contributed by atoms with Crippen LogP contribution in [0.25, 0.3) is 10.2 Å². The molecule has 0 aliphatic carbocycles. The van der Waals surface area contributed by atoms with Crippen LogP contribution in [0, 0.1) is 0 Å². The van der Waals surface area contributed by atoms with E-state index in [9.17, 15) is 4.79 Å². The van der Waals surface area contributed by atoms with Gasteiger partial charge in [-0.3, -0.25) is 4.79 Å². The number of aromatic nitrogens is 1. The second kappa shape index (κ2) is 6.89. The van der Waals surface area contributed by atoms with Crippen molar-refractivity contribution in [1.82, 2.24) is 9.88 Å². The largest absolute Gasteiger partial charge is 0.494 e. The van der Waals surface area contributed by atoms with Gasteiger partial charge >= 0.3 is 0 Å². The number of hydrogen-bond donors (Lipinski definition) is 0. The van der Waals surface area contributed by atoms with E-state index < -0.39 is 0 Å². The number of carbonyl (C=O) groups excluding carboxylic acids is 1. The third-order valence-electron chi connectivity index (χ3n) is 3.66. The number of carbonyl (C=O) groups is 1. The van der Waals surface area contributed by atoms with E-state index in [0.29, 0.717) is 5.02 Å². The van der Waals surface area contributed by atoms with Gasteiger partial charge in [0.25, 0.3) is 0 Å². The molecule has 1 amide bonds. The van der Waals surface area contributed by atoms with Gasteiger partial charge in [0.05, 0.1) is 16.8 Å². The summed E-state index contributed by atoms with van der Waals surface area (Å²) in [5.74, 6) is 0.864. The van der Waals surface area contributed by atoms with E-state index in [0.717, 1.165) is 47.3 Å². The Hall–Kier alpha value is -1.24. The molecule has 0 saturated carbocycles. The highest BCUT2D eigenvalue weighted by molar-refractivity contribution is 7.22. The van der Waals surface area contributed by atoms with Crippen molar-refractivity contribution in [2.45, 2.75) is 6.92 Å². The first-order chi connectivity index (χ1) is 10.1. The van der Waals surface area contributed by atoms with E-state index in [1.807, 2.05) is 17.0 Å². The maximum atomic E-state index is 11.4. The molecule has 8 heteroatoms. The molecule has 2 aromatic rings. The summed E-state index contributed by atoms with van der Waals surface area (Å²) in [5.41, 5.74) is 0.805. The normalized spacial score (nSPS) is 14.9. The summed E-state index contributed by atoms with van der Waals surface area (Å²) in [6, 6.07) is 3.67. The number of amides is 1. The molecule has 0 bridgehead atoms. The number of nitrogens with zero attached hydrogens (tertiary/aromatic N) is 3. The molecule has 1 saturated heterocycles. The van der Waals surface area contributed by atoms with Crippen LogP contribution < -0.4 is 9.64 Å². The SMILES string of the molecule is COc1ccc(Cl)c2sc(N3CCN(C(C)=O)CC3)nc12.Cl. The number of piperazine rings is 1. The highest BCUT2D eigenvalue weighted by Crippen LogP contribution is 2.38. The zero-order valence-corrected chi connectivity index (χ0v) is 14.7. The third-order valence-corrected chi connectivity index (χ3v) is 5.24. The number of benzene rings is 1. The van der Waals surface area contributed by atoms with Gasteiger partial charge in [-0.1, -0.05) is 22.9 Å². The Balaban J connectivity index is 0.00000176. The molecule has 1 aromatic carbocycles. The van der Waals surface area contributed by atoms with Crippen LogP contribution in [0.1, 0.15) is 6.92 Å². The first kappa shape index (κ1) is 17.1. The van der Waals surface area contributed by atoms with Gasteiger partial charge in [-0.15, -0.1) is 12.4 Å². The molecule has 120 valence electrons. The lowest BCUT2D eigenvalue weighted by molar-refractivity contribution is -0.129. The highest BCUT2D eigenvalue weighted by Gasteiger charge is 2.22. The molecule has 5 nitrogen and oxygen atoms in total. The van der Waals surface area contributed by atoms with Crippen molar-refractivity contribution >= 4 is 56.6 Å². The Morgan fingerprint density at radius 2 is 2.00 bits per heavy atom. The van der Waals surface area contributed by atoms with E-state index in [2.05, 4.69) is 9.88 Å². The second-order valence-electron chi connectivity index (χ2n) is 4.92. The molecule has 1 aliphatic rings. The summed E-state index contributed by atoms with van der Waals surface area (Å²) in [7, 11) is 1.63. The number of fused-ring (bicyclic) bond motifs is 1. The average Bonchev–Trinajstić information content (AvgIpc) is 2.94. The maximum Gasteiger partial charge on any atom is 0.219 e. The van der Waals surface area contributed by atoms with E-state index in [1.165, 1.54) is 0 Å². The summed E-state index contributed by atoms with van der Waals surface area (Å²) >= 11 is 7.82. The van der Waals surface area contributed by atoms with E-state index in [1.54, 1.807) is 25.4 Å². The minimum Gasteiger partial charge on any atom is -0.494 e. The van der Waals surface area contributed by atoms with Gasteiger partial charge in [0.2, 0.25) is 5.91 Å². The monoisotopic (exact) mass is 361 g/mol. The minimum absolute atomic E-state index is 0. The molecule has 22 heavy (non-hydrogen) atoms. The van der Waals surface area contributed by atoms with Crippen LogP contribution in [0.15, 0.2) is 12.1 Å². The Kier molecular flexibility index (Phi) is 5.36. The summed E-state index contributed by atoms with van der Waals surface area (Å²) < 4.78 is 6.29. The molecule has 1 aromatic heterocycles. The van der Waals surface area contributed by atoms with Gasteiger partial charge in [-0.05, 0) is 12.1 Å². The van der Waals surface area contributed by atoms with Gasteiger partial charge in [0.15, 0.2) is 5.13 Å². The van der Waals surface area contributed by atoms with E-state index in [4.69, 9.17) is 16.3 Å². The van der Waals surface area contributed by atoms with Gasteiger partial charge in [-0.2, -0.15) is 0 Å². The van der Waals surface area contributed by atoms with Crippen molar-refractivity contribution in [2.75, 3.05) is 38.2 Å². The van der Waals surface area contributed by atoms with Crippen molar-refractivity contribution in [2.24, 2.45) is 0 Å². The van der Waals surface area contributed by atoms with Crippen LogP contribution >= 0.6 is 35.3 Å². The number of hydrogen-bond acceptors (Lipinski definition) is 5. The fourth-order valence-electron chi connectivity index (χ4n) is 2.45. The molecule has 2 heterocycles. The van der Waals surface area contributed by atoms with Crippen LogP contribution in [0.3, 0.4) is 0 Å². The number of methoxy groups -OCH3 is 1. The lowest BCUT2D eigenvalue weighted by Gasteiger charge is -2.33. The lowest BCUT2D eigenvalue weighted by Crippen LogP contribution is -2.48. The number of anilines is 1. The molecule has 0 radical (unpaired) electrons. The fraction of sp³-hybridized carbons (Fsp3) is 0.429. The van der Waals surface area contributed by atoms with Crippen molar-refractivity contribution in [3.05, 3.63) is 17.2 Å². The number of thiazole rings is 1. The Morgan fingerprint density at radius 3 is 2.59 bits per heavy atom. The van der Waals surface area contributed by atoms with Crippen molar-refractivity contribution in [3.8, 4) is 5.75 Å². The van der Waals surface area contributed by atoms with Crippen LogP contribution in [-0.2, 0) is 4.79 Å². The fourth-order valence-corrected chi connectivity index (χ4v) is 3.76. The molecule has 1 aliphatic heterocycles. The minimum atomic E-state index is 0. The van der Waals surface area contributed by atoms with E-state index in [-0.39, 0.29) is 18.3 Å². The van der Waals surface area contributed by atoms with Gasteiger partial charge < -0.3 is 14.5 Å². The quantitative estimate of drug-likeness (QED) is 0.824. The predicted octanol–water partition coefficient (Wildman–Crippen LogP) is 3.05. The van der Waals surface area contributed by atoms with Gasteiger partial charge in [-0.25, -0.2) is 4.98 Å². The van der Waals surface area contributed by atoms with Gasteiger partial charge in [0.1, 0.15) is 11.3 Å². The molecule has 0 atom stereocenters. The first-order valence-corrected chi connectivity index (χ1v) is 7.93. The lowest BCUT2D eigenvalue weighted by atomic mass is 10.3. The molecule has 0 N–H and O–H groups in total. The Labute approximate surface area is 144 Å². The third kappa shape index (κ3) is 3.09. The average molecular weight is 362 g/mol. The summed E-state index contributed by atoms with van der Waals surface area (Å²) in [4.78, 5) is 20.1. The van der Waals surface area contributed by atoms with Crippen molar-refractivity contribution in [1.29, 1.82) is 0 Å². The topological polar surface area (TPSA) is 45.7 Å². The standard InChI is InChI=1S/C14H16ClN3O2S.ClH/c1-9(19)17-5-7-18(8-6-17)14-16-12-11(20-2)4-3-10(15)13(12)21-14;/h3-4H,5-8H2,1-2H3;1H. The summed E-state index contributed by atoms with van der Waals surface area (Å²) in [5, 5.41) is 1.62. The zero-order chi connectivity index (χ0) is 15.0. The molecular formula is C14H17Cl2N3O2S. The van der Waals surface area contributed by atoms with Crippen LogP contribution in [0.5, 0.6) is 5.75 Å². The van der Waals surface area contributed by atoms with Crippen molar-refractivity contribution in [3.63, 3.8) is 0 Å². The summed E-state index contributed by atoms with van der Waals surface area (Å²) in [6.45, 7) is 4.66. The Bertz CT molecular complexity index is 684. The predicted molar refractivity (Wildman–Crippen MR) is 92.9 cm³/mol. The molecule has 1 fully saturated rings. The Morgan fingerprint density at radius 1 is 1.32 bits per heavy atom. The first-order valence-electron chi connectivity index (χ1n) is 6.73. The molecule has 0 unspecified atom stereocenters. The number of ether oxygens (including phenoxy) is 1. The second-order valence-corrected chi connectivity index (χ2v) is 6.30. The number of halogens is 2. The molecule has 0 spiro atoms. The smallest absolute Gasteiger partial charge is 0.219 e. The highest BCUT2D eigenvalue weighted by atomic mass is 35.5. The zero-order valence-electron chi connectivity index (χ0n) is 12.3. The van der Waals surface area contributed by atoms with Gasteiger partial charge in [0, 0.05) is 33.1 Å². The maximum absolute atomic E-state index is 11.4. The van der Waals surface area contributed by atoms with Crippen molar-refractivity contribution < 1.29 is 9.53 Å². The van der Waals surface area contributed by atoms with Crippen LogP contribution in [0.4, 0.5) is 5.13 Å². The number of rotatable bonds is 2. The van der Waals surface area contributed by atoms with E-state index >= 15 is 0 Å². The van der Waals surface area contributed by atoms with Crippen LogP contribution in [-0.4, -0.2) is 49.1 Å².